The van der Waals surface area contributed by atoms with Gasteiger partial charge in [0.1, 0.15) is 6.10 Å². The summed E-state index contributed by atoms with van der Waals surface area (Å²) in [5.74, 6) is 0.797. The van der Waals surface area contributed by atoms with E-state index in [0.29, 0.717) is 23.9 Å². The van der Waals surface area contributed by atoms with Gasteiger partial charge in [0.2, 0.25) is 11.8 Å². The zero-order chi connectivity index (χ0) is 20.4. The summed E-state index contributed by atoms with van der Waals surface area (Å²) in [6.07, 6.45) is -0.246. The fourth-order valence-corrected chi connectivity index (χ4v) is 3.90. The molecule has 3 aromatic rings. The molecule has 29 heavy (non-hydrogen) atoms. The molecule has 2 heterocycles. The number of aryl methyl sites for hydroxylation is 2. The van der Waals surface area contributed by atoms with Gasteiger partial charge < -0.3 is 10.1 Å². The lowest BCUT2D eigenvalue weighted by atomic mass is 10.00. The Morgan fingerprint density at radius 1 is 1.07 bits per heavy atom. The predicted octanol–water partition coefficient (Wildman–Crippen LogP) is 4.39. The number of carbonyl (C=O) groups excluding carboxylic acids is 1. The van der Waals surface area contributed by atoms with Crippen LogP contribution in [0.15, 0.2) is 53.4 Å². The molecule has 4 rings (SSSR count). The molecule has 0 fully saturated rings. The zero-order valence-electron chi connectivity index (χ0n) is 16.5. The highest BCUT2D eigenvalue weighted by Crippen LogP contribution is 2.30. The minimum Gasteiger partial charge on any atom is -0.473 e. The summed E-state index contributed by atoms with van der Waals surface area (Å²) in [4.78, 5) is 22.5. The molecule has 0 saturated heterocycles. The standard InChI is InChI=1S/C22H22N4O2S/c1-13-6-4-7-14(2)20(13)18-11-19-25-22(24-18)26-29-17-9-5-8-16(10-17)21(27)23-12-15(3)28-19/h4-11,15H,12H2,1-3H3,(H,23,27)(H,24,25,26)/t15-/m0/s1. The fourth-order valence-electron chi connectivity index (χ4n) is 3.27. The van der Waals surface area contributed by atoms with Crippen molar-refractivity contribution in [2.45, 2.75) is 31.8 Å². The summed E-state index contributed by atoms with van der Waals surface area (Å²) in [7, 11) is 0. The van der Waals surface area contributed by atoms with Crippen LogP contribution in [0.2, 0.25) is 0 Å². The van der Waals surface area contributed by atoms with Crippen molar-refractivity contribution < 1.29 is 9.53 Å². The molecule has 0 unspecified atom stereocenters. The SMILES string of the molecule is Cc1cccc(C)c1-c1cc2nc(n1)NSc1cccc(c1)C(=O)NC[C@H](C)O2. The summed E-state index contributed by atoms with van der Waals surface area (Å²) >= 11 is 1.36. The highest BCUT2D eigenvalue weighted by molar-refractivity contribution is 8.00. The van der Waals surface area contributed by atoms with Gasteiger partial charge >= 0.3 is 0 Å². The van der Waals surface area contributed by atoms with Gasteiger partial charge in [0.05, 0.1) is 12.2 Å². The number of hydrogen-bond donors (Lipinski definition) is 2. The summed E-state index contributed by atoms with van der Waals surface area (Å²) in [6.45, 7) is 6.42. The molecule has 6 nitrogen and oxygen atoms in total. The monoisotopic (exact) mass is 406 g/mol. The van der Waals surface area contributed by atoms with Crippen LogP contribution in [0.25, 0.3) is 11.3 Å². The van der Waals surface area contributed by atoms with Crippen LogP contribution in [0.1, 0.15) is 28.4 Å². The number of nitrogens with zero attached hydrogens (tertiary/aromatic N) is 2. The van der Waals surface area contributed by atoms with E-state index in [1.54, 1.807) is 6.07 Å². The lowest BCUT2D eigenvalue weighted by molar-refractivity contribution is 0.0930. The van der Waals surface area contributed by atoms with E-state index in [1.807, 2.05) is 37.3 Å². The Balaban J connectivity index is 1.77. The van der Waals surface area contributed by atoms with Crippen LogP contribution in [-0.4, -0.2) is 28.5 Å². The topological polar surface area (TPSA) is 76.1 Å². The Bertz CT molecular complexity index is 1050. The van der Waals surface area contributed by atoms with Gasteiger partial charge in [-0.25, -0.2) is 4.98 Å². The van der Waals surface area contributed by atoms with Crippen molar-refractivity contribution >= 4 is 23.8 Å². The molecule has 148 valence electrons. The molecular formula is C22H22N4O2S. The third-order valence-electron chi connectivity index (χ3n) is 4.67. The molecule has 0 saturated carbocycles. The van der Waals surface area contributed by atoms with E-state index in [1.165, 1.54) is 11.9 Å². The smallest absolute Gasteiger partial charge is 0.251 e. The predicted molar refractivity (Wildman–Crippen MR) is 115 cm³/mol. The Morgan fingerprint density at radius 2 is 1.83 bits per heavy atom. The van der Waals surface area contributed by atoms with Crippen molar-refractivity contribution in [1.82, 2.24) is 15.3 Å². The fraction of sp³-hybridized carbons (Fsp3) is 0.227. The first-order valence-electron chi connectivity index (χ1n) is 9.43. The number of anilines is 1. The van der Waals surface area contributed by atoms with Gasteiger partial charge in [0, 0.05) is 22.1 Å². The molecule has 1 aliphatic rings. The van der Waals surface area contributed by atoms with Crippen molar-refractivity contribution in [2.75, 3.05) is 11.3 Å². The number of rotatable bonds is 1. The minimum absolute atomic E-state index is 0.129. The van der Waals surface area contributed by atoms with Gasteiger partial charge in [-0.15, -0.1) is 0 Å². The van der Waals surface area contributed by atoms with Crippen LogP contribution >= 0.6 is 11.9 Å². The van der Waals surface area contributed by atoms with Crippen molar-refractivity contribution in [3.63, 3.8) is 0 Å². The van der Waals surface area contributed by atoms with E-state index in [2.05, 4.69) is 41.0 Å². The molecule has 0 radical (unpaired) electrons. The van der Waals surface area contributed by atoms with E-state index < -0.39 is 0 Å². The maximum atomic E-state index is 12.4. The molecule has 1 aliphatic heterocycles. The number of carbonyl (C=O) groups is 1. The van der Waals surface area contributed by atoms with Gasteiger partial charge in [-0.1, -0.05) is 24.3 Å². The highest BCUT2D eigenvalue weighted by atomic mass is 32.2. The molecule has 7 heteroatoms. The van der Waals surface area contributed by atoms with Crippen molar-refractivity contribution in [1.29, 1.82) is 0 Å². The first-order valence-corrected chi connectivity index (χ1v) is 10.2. The zero-order valence-corrected chi connectivity index (χ0v) is 17.3. The Hall–Kier alpha value is -3.06. The molecule has 4 bridgehead atoms. The van der Waals surface area contributed by atoms with E-state index in [0.717, 1.165) is 27.3 Å². The van der Waals surface area contributed by atoms with Crippen molar-refractivity contribution in [3.8, 4) is 17.1 Å². The summed E-state index contributed by atoms with van der Waals surface area (Å²) in [6, 6.07) is 15.4. The number of nitrogens with one attached hydrogen (secondary N) is 2. The Labute approximate surface area is 174 Å². The molecule has 0 spiro atoms. The van der Waals surface area contributed by atoms with Gasteiger partial charge in [-0.3, -0.25) is 9.52 Å². The van der Waals surface area contributed by atoms with E-state index >= 15 is 0 Å². The number of aromatic nitrogens is 2. The Kier molecular flexibility index (Phi) is 5.40. The second-order valence-corrected chi connectivity index (χ2v) is 7.93. The lowest BCUT2D eigenvalue weighted by Gasteiger charge is -2.16. The molecule has 1 amide bonds. The molecule has 1 aromatic heterocycles. The number of amides is 1. The average Bonchev–Trinajstić information content (AvgIpc) is 2.70. The highest BCUT2D eigenvalue weighted by Gasteiger charge is 2.16. The maximum absolute atomic E-state index is 12.4. The average molecular weight is 407 g/mol. The summed E-state index contributed by atoms with van der Waals surface area (Å²) in [5, 5.41) is 2.91. The third-order valence-corrected chi connectivity index (χ3v) is 5.44. The van der Waals surface area contributed by atoms with Crippen LogP contribution in [0.3, 0.4) is 0 Å². The second-order valence-electron chi connectivity index (χ2n) is 7.05. The summed E-state index contributed by atoms with van der Waals surface area (Å²) < 4.78 is 9.20. The maximum Gasteiger partial charge on any atom is 0.251 e. The lowest BCUT2D eigenvalue weighted by Crippen LogP contribution is -2.33. The van der Waals surface area contributed by atoms with Crippen LogP contribution in [-0.2, 0) is 0 Å². The largest absolute Gasteiger partial charge is 0.473 e. The molecule has 2 N–H and O–H groups in total. The number of hydrogen-bond acceptors (Lipinski definition) is 6. The van der Waals surface area contributed by atoms with E-state index in [9.17, 15) is 4.79 Å². The first-order chi connectivity index (χ1) is 14.0. The number of ether oxygens (including phenoxy) is 1. The van der Waals surface area contributed by atoms with E-state index in [4.69, 9.17) is 9.72 Å². The van der Waals surface area contributed by atoms with Gasteiger partial charge in [-0.05, 0) is 62.0 Å². The Morgan fingerprint density at radius 3 is 2.62 bits per heavy atom. The van der Waals surface area contributed by atoms with Crippen molar-refractivity contribution in [3.05, 3.63) is 65.2 Å². The van der Waals surface area contributed by atoms with Crippen molar-refractivity contribution in [2.24, 2.45) is 0 Å². The third kappa shape index (κ3) is 4.35. The minimum atomic E-state index is -0.246. The van der Waals surface area contributed by atoms with Crippen LogP contribution in [0.5, 0.6) is 5.88 Å². The second kappa shape index (κ2) is 8.13. The van der Waals surface area contributed by atoms with Crippen LogP contribution in [0.4, 0.5) is 5.95 Å². The molecular weight excluding hydrogens is 384 g/mol. The molecule has 0 aliphatic carbocycles. The van der Waals surface area contributed by atoms with Crippen LogP contribution in [0, 0.1) is 13.8 Å². The van der Waals surface area contributed by atoms with Crippen LogP contribution < -0.4 is 14.8 Å². The number of benzene rings is 2. The quantitative estimate of drug-likeness (QED) is 0.584. The molecule has 1 atom stereocenters. The first kappa shape index (κ1) is 19.3. The van der Waals surface area contributed by atoms with Gasteiger partial charge in [0.15, 0.2) is 0 Å². The van der Waals surface area contributed by atoms with Gasteiger partial charge in [-0.2, -0.15) is 4.98 Å². The number of fused-ring (bicyclic) bond motifs is 4. The molecule has 2 aromatic carbocycles. The summed E-state index contributed by atoms with van der Waals surface area (Å²) in [5.41, 5.74) is 4.75. The van der Waals surface area contributed by atoms with Gasteiger partial charge in [0.25, 0.3) is 5.91 Å². The normalized spacial score (nSPS) is 16.4. The van der Waals surface area contributed by atoms with E-state index in [-0.39, 0.29) is 12.0 Å².